The summed E-state index contributed by atoms with van der Waals surface area (Å²) in [6.07, 6.45) is 0. The second-order valence-electron chi connectivity index (χ2n) is 39.6. The Morgan fingerprint density at radius 2 is 0.417 bits per heavy atom. The Bertz CT molecular complexity index is 8410. The van der Waals surface area contributed by atoms with E-state index >= 15 is 19.2 Å². The summed E-state index contributed by atoms with van der Waals surface area (Å²) in [5, 5.41) is 4.49. The predicted octanol–water partition coefficient (Wildman–Crippen LogP) is 33.8. The number of carbonyl (C=O) groups is 4. The first-order valence-corrected chi connectivity index (χ1v) is 58.1. The minimum Gasteiger partial charge on any atom is -0.306 e. The van der Waals surface area contributed by atoms with Crippen LogP contribution in [-0.4, -0.2) is 69.4 Å². The maximum Gasteiger partial charge on any atom is 0.261 e. The molecule has 0 fully saturated rings. The van der Waals surface area contributed by atoms with Crippen molar-refractivity contribution in [1.82, 2.24) is 19.6 Å². The van der Waals surface area contributed by atoms with Crippen molar-refractivity contribution in [2.75, 3.05) is 26.2 Å². The summed E-state index contributed by atoms with van der Waals surface area (Å²) < 4.78 is 16.3. The molecule has 3 aromatic carbocycles. The van der Waals surface area contributed by atoms with Crippen LogP contribution in [-0.2, 0) is 51.7 Å². The zero-order valence-corrected chi connectivity index (χ0v) is 87.5. The van der Waals surface area contributed by atoms with Crippen molar-refractivity contribution in [3.8, 4) is 102 Å². The maximum atomic E-state index is 15.2. The molecule has 0 atom stereocenters. The lowest BCUT2D eigenvalue weighted by Crippen LogP contribution is -2.29. The standard InChI is InChI=1S/C108H78N4O4S16/c1-17-109-83(59-25-21-55(119-59)65-39-69-95(125-65)79-89(129-69)45-35-49-43(33-51(45)105(79,9)10)87-77(103(49,5)6)93-63(123-87)29-31-117-93)73-75(101(109)115)85(111(19-3)99(73)113)61-27-23-57(121-61)67-41-71-97(127-67)81-91(131-71)47-37-54-48(38-53(47)107(81,13)14)92-82(108(54,15)16)98-72(132-92)42-68(128-98)58-24-28-62(122-58)86-76-74(100(114)112(86)20-4)84(110(18-2)102(76)116)60-26-22-56(120-60)66-40-70-96(126-66)80-90(130-70)46-36-50-44(34-52(46)106(80,11)12)88-78(104(50,7)8)94-64(124-88)30-32-118-94/h21-42H,17-20H2,1-16H3. The van der Waals surface area contributed by atoms with E-state index in [0.29, 0.717) is 48.5 Å². The van der Waals surface area contributed by atoms with Gasteiger partial charge in [-0.3, -0.25) is 19.2 Å². The lowest BCUT2D eigenvalue weighted by atomic mass is 9.79. The molecule has 0 unspecified atom stereocenters. The van der Waals surface area contributed by atoms with Crippen molar-refractivity contribution in [2.24, 2.45) is 0 Å². The van der Waals surface area contributed by atoms with Gasteiger partial charge in [-0.25, -0.2) is 0 Å². The topological polar surface area (TPSA) is 81.2 Å². The number of nitrogens with zero attached hydrogens (tertiary/aromatic N) is 4. The average Bonchev–Trinajstić information content (AvgIpc) is 1.52. The van der Waals surface area contributed by atoms with E-state index in [9.17, 15) is 0 Å². The summed E-state index contributed by atoms with van der Waals surface area (Å²) >= 11 is 29.7. The summed E-state index contributed by atoms with van der Waals surface area (Å²) in [7, 11) is 0. The fourth-order valence-corrected chi connectivity index (χ4v) is 46.4. The van der Waals surface area contributed by atoms with E-state index in [4.69, 9.17) is 0 Å². The highest BCUT2D eigenvalue weighted by Gasteiger charge is 2.55. The molecule has 8 nitrogen and oxygen atoms in total. The number of thiophene rings is 16. The van der Waals surface area contributed by atoms with Crippen molar-refractivity contribution in [3.63, 3.8) is 0 Å². The molecule has 0 bridgehead atoms. The van der Waals surface area contributed by atoms with Gasteiger partial charge >= 0.3 is 0 Å². The molecule has 24 heteroatoms. The van der Waals surface area contributed by atoms with Crippen LogP contribution in [0.5, 0.6) is 0 Å². The quantitative estimate of drug-likeness (QED) is 0.122. The highest BCUT2D eigenvalue weighted by molar-refractivity contribution is 7.36. The second kappa shape index (κ2) is 26.3. The van der Waals surface area contributed by atoms with Crippen molar-refractivity contribution in [2.45, 2.75) is 143 Å². The first-order valence-electron chi connectivity index (χ1n) is 45.0. The molecule has 0 saturated carbocycles. The van der Waals surface area contributed by atoms with Gasteiger partial charge in [-0.1, -0.05) is 83.1 Å². The molecule has 650 valence electrons. The number of likely N-dealkylation sites (N-methyl/N-ethyl adjacent to an activating group) is 4. The molecule has 19 aromatic rings. The normalized spacial score (nSPS) is 18.4. The Morgan fingerprint density at radius 1 is 0.220 bits per heavy atom. The van der Waals surface area contributed by atoms with Crippen LogP contribution in [0.25, 0.3) is 181 Å². The van der Waals surface area contributed by atoms with Crippen LogP contribution >= 0.6 is 181 Å². The predicted molar refractivity (Wildman–Crippen MR) is 575 cm³/mol. The Balaban J connectivity index is 0.436. The van der Waals surface area contributed by atoms with Gasteiger partial charge in [-0.2, -0.15) is 0 Å². The molecule has 132 heavy (non-hydrogen) atoms. The molecule has 6 aliphatic carbocycles. The highest BCUT2D eigenvalue weighted by atomic mass is 32.2. The molecule has 4 aliphatic heterocycles. The first-order chi connectivity index (χ1) is 63.4. The lowest BCUT2D eigenvalue weighted by molar-refractivity contribution is -0.124. The lowest BCUT2D eigenvalue weighted by Gasteiger charge is -2.24. The SMILES string of the molecule is CCN1C(=O)C2=C(c3ccc(-c4cc5sc6c(c5s4)C(C)(C)c4cc5c(cc4-6)C(C)(C)c4c-5sc5cc(-c6ccc(C7=C8C(=O)N(CC)C(c9ccc(-c%10cc%11sc%12c(c%11s%10)C(C)(C)c%10cc%11c(cc%10-%12)C(C)(C)c%10c-%11sc%11ccsc%10%11)s9)=C8C(=O)N7CC)s6)sc45)s3)N(CC)C(=O)C2=C1c1ccc(-c2cc3sc4c(c3s2)C(C)(C)c2cc3c(cc2-4)C(C)(C)c2c-3sc3ccsc23)s1. The Kier molecular flexibility index (Phi) is 16.1. The molecule has 0 radical (unpaired) electrons. The Morgan fingerprint density at radius 3 is 0.629 bits per heavy atom. The third-order valence-electron chi connectivity index (χ3n) is 30.7. The monoisotopic (exact) mass is 2010 g/mol. The van der Waals surface area contributed by atoms with E-state index in [1.807, 2.05) is 183 Å². The van der Waals surface area contributed by atoms with Crippen molar-refractivity contribution in [3.05, 3.63) is 241 Å². The third kappa shape index (κ3) is 9.79. The number of benzene rings is 3. The third-order valence-corrected chi connectivity index (χ3v) is 50.2. The molecule has 16 aromatic heterocycles. The molecule has 0 N–H and O–H groups in total. The number of hydrogen-bond acceptors (Lipinski definition) is 20. The molecule has 0 saturated heterocycles. The van der Waals surface area contributed by atoms with Gasteiger partial charge < -0.3 is 19.6 Å². The summed E-state index contributed by atoms with van der Waals surface area (Å²) in [6, 6.07) is 46.8. The summed E-state index contributed by atoms with van der Waals surface area (Å²) in [5.41, 5.74) is 29.5. The van der Waals surface area contributed by atoms with E-state index in [0.717, 1.165) is 61.8 Å². The first kappa shape index (κ1) is 80.5. The molecule has 20 heterocycles. The number of carbonyl (C=O) groups excluding carboxylic acids is 4. The number of amides is 4. The Labute approximate surface area is 825 Å². The van der Waals surface area contributed by atoms with E-state index in [1.54, 1.807) is 45.3 Å². The molecular weight excluding hydrogens is 1930 g/mol. The molecule has 29 rings (SSSR count). The average molecular weight is 2010 g/mol. The van der Waals surface area contributed by atoms with Gasteiger partial charge in [0.15, 0.2) is 0 Å². The maximum absolute atomic E-state index is 15.2. The number of hydrogen-bond donors (Lipinski definition) is 0. The zero-order valence-electron chi connectivity index (χ0n) is 74.5. The van der Waals surface area contributed by atoms with Crippen LogP contribution in [0, 0.1) is 0 Å². The molecule has 10 aliphatic rings. The summed E-state index contributed by atoms with van der Waals surface area (Å²) in [5.74, 6) is -0.424. The molecule has 4 amide bonds. The summed E-state index contributed by atoms with van der Waals surface area (Å²) in [6.45, 7) is 38.9. The second-order valence-corrected chi connectivity index (χ2v) is 56.3. The summed E-state index contributed by atoms with van der Waals surface area (Å²) in [4.78, 5) is 89.6. The van der Waals surface area contributed by atoms with Gasteiger partial charge in [0.25, 0.3) is 23.6 Å². The van der Waals surface area contributed by atoms with Crippen LogP contribution in [0.15, 0.2) is 154 Å². The highest BCUT2D eigenvalue weighted by Crippen LogP contribution is 2.70. The van der Waals surface area contributed by atoms with Crippen LogP contribution in [0.2, 0.25) is 0 Å². The van der Waals surface area contributed by atoms with Crippen LogP contribution < -0.4 is 0 Å². The fraction of sp³-hybridized carbons (Fsp3) is 0.241. The zero-order chi connectivity index (χ0) is 89.6. The van der Waals surface area contributed by atoms with Gasteiger partial charge in [-0.05, 0) is 260 Å². The van der Waals surface area contributed by atoms with Crippen LogP contribution in [0.4, 0.5) is 0 Å². The van der Waals surface area contributed by atoms with Crippen LogP contribution in [0.1, 0.15) is 197 Å². The molecular formula is C108H78N4O4S16. The minimum absolute atomic E-state index is 0.0685. The number of rotatable bonds is 12. The van der Waals surface area contributed by atoms with Gasteiger partial charge in [0.05, 0.1) is 83.4 Å². The van der Waals surface area contributed by atoms with E-state index in [-0.39, 0.29) is 56.1 Å². The van der Waals surface area contributed by atoms with E-state index in [1.165, 1.54) is 205 Å². The smallest absolute Gasteiger partial charge is 0.261 e. The largest absolute Gasteiger partial charge is 0.306 e. The van der Waals surface area contributed by atoms with Gasteiger partial charge in [0.2, 0.25) is 0 Å². The van der Waals surface area contributed by atoms with Crippen LogP contribution in [0.3, 0.4) is 0 Å². The fourth-order valence-electron chi connectivity index (χ4n) is 24.5. The Hall–Kier alpha value is -8.74. The van der Waals surface area contributed by atoms with Gasteiger partial charge in [0, 0.05) is 165 Å². The minimum atomic E-state index is -0.264. The van der Waals surface area contributed by atoms with Crippen molar-refractivity contribution < 1.29 is 19.2 Å². The molecule has 0 spiro atoms. The van der Waals surface area contributed by atoms with Gasteiger partial charge in [-0.15, -0.1) is 181 Å². The number of fused-ring (bicyclic) bond motifs is 32. The van der Waals surface area contributed by atoms with E-state index in [2.05, 4.69) is 215 Å². The van der Waals surface area contributed by atoms with Crippen molar-refractivity contribution >= 4 is 284 Å². The van der Waals surface area contributed by atoms with Gasteiger partial charge in [0.1, 0.15) is 0 Å². The van der Waals surface area contributed by atoms with Crippen molar-refractivity contribution in [1.29, 1.82) is 0 Å². The van der Waals surface area contributed by atoms with E-state index < -0.39 is 0 Å².